The predicted octanol–water partition coefficient (Wildman–Crippen LogP) is 1.63. The van der Waals surface area contributed by atoms with Gasteiger partial charge in [-0.1, -0.05) is 12.1 Å². The van der Waals surface area contributed by atoms with E-state index in [0.717, 1.165) is 18.7 Å². The van der Waals surface area contributed by atoms with Crippen molar-refractivity contribution in [3.05, 3.63) is 29.8 Å². The second kappa shape index (κ2) is 8.58. The first kappa shape index (κ1) is 18.1. The molecular formula is C18H26N4O2S. The summed E-state index contributed by atoms with van der Waals surface area (Å²) in [6.45, 7) is 6.24. The Morgan fingerprint density at radius 2 is 1.96 bits per heavy atom. The van der Waals surface area contributed by atoms with Gasteiger partial charge in [0, 0.05) is 49.9 Å². The molecule has 3 amide bonds. The van der Waals surface area contributed by atoms with Crippen LogP contribution in [0.25, 0.3) is 0 Å². The molecule has 2 aliphatic rings. The molecule has 2 heterocycles. The van der Waals surface area contributed by atoms with Gasteiger partial charge in [0.25, 0.3) is 5.91 Å². The molecule has 0 spiro atoms. The van der Waals surface area contributed by atoms with Crippen LogP contribution in [0.15, 0.2) is 24.3 Å². The Labute approximate surface area is 153 Å². The number of hydrogen-bond acceptors (Lipinski definition) is 5. The SMILES string of the molecule is C[C@H](Nc1ccc(CCN2CCSCC2)cc1)C(=O)N1CCNC1=O. The van der Waals surface area contributed by atoms with Crippen molar-refractivity contribution in [2.45, 2.75) is 19.4 Å². The highest BCUT2D eigenvalue weighted by Gasteiger charge is 2.29. The first-order chi connectivity index (χ1) is 12.1. The zero-order valence-corrected chi connectivity index (χ0v) is 15.5. The number of nitrogens with zero attached hydrogens (tertiary/aromatic N) is 2. The summed E-state index contributed by atoms with van der Waals surface area (Å²) in [7, 11) is 0. The minimum Gasteiger partial charge on any atom is -0.374 e. The van der Waals surface area contributed by atoms with E-state index in [4.69, 9.17) is 0 Å². The smallest absolute Gasteiger partial charge is 0.324 e. The largest absolute Gasteiger partial charge is 0.374 e. The van der Waals surface area contributed by atoms with Gasteiger partial charge in [0.15, 0.2) is 0 Å². The summed E-state index contributed by atoms with van der Waals surface area (Å²) in [5, 5.41) is 5.84. The highest BCUT2D eigenvalue weighted by Crippen LogP contribution is 2.14. The molecule has 0 aliphatic carbocycles. The molecule has 136 valence electrons. The van der Waals surface area contributed by atoms with E-state index in [0.29, 0.717) is 13.1 Å². The molecule has 0 radical (unpaired) electrons. The summed E-state index contributed by atoms with van der Waals surface area (Å²) in [6.07, 6.45) is 1.05. The first-order valence-corrected chi connectivity index (χ1v) is 10.0. The zero-order valence-electron chi connectivity index (χ0n) is 14.7. The van der Waals surface area contributed by atoms with Crippen molar-refractivity contribution in [2.75, 3.05) is 49.5 Å². The van der Waals surface area contributed by atoms with E-state index >= 15 is 0 Å². The van der Waals surface area contributed by atoms with Gasteiger partial charge >= 0.3 is 6.03 Å². The van der Waals surface area contributed by atoms with Crippen molar-refractivity contribution in [1.29, 1.82) is 0 Å². The summed E-state index contributed by atoms with van der Waals surface area (Å²) in [5.74, 6) is 2.29. The number of imide groups is 1. The number of nitrogens with one attached hydrogen (secondary N) is 2. The molecule has 0 saturated carbocycles. The summed E-state index contributed by atoms with van der Waals surface area (Å²) in [4.78, 5) is 27.7. The second-order valence-electron chi connectivity index (χ2n) is 6.49. The van der Waals surface area contributed by atoms with E-state index in [2.05, 4.69) is 27.7 Å². The maximum absolute atomic E-state index is 12.3. The van der Waals surface area contributed by atoms with Crippen LogP contribution in [-0.2, 0) is 11.2 Å². The van der Waals surface area contributed by atoms with Gasteiger partial charge in [-0.2, -0.15) is 11.8 Å². The topological polar surface area (TPSA) is 64.7 Å². The molecule has 2 fully saturated rings. The normalized spacial score (nSPS) is 19.6. The maximum Gasteiger partial charge on any atom is 0.324 e. The Hall–Kier alpha value is -1.73. The Balaban J connectivity index is 1.48. The lowest BCUT2D eigenvalue weighted by Crippen LogP contribution is -2.43. The van der Waals surface area contributed by atoms with Crippen molar-refractivity contribution < 1.29 is 9.59 Å². The zero-order chi connectivity index (χ0) is 17.6. The van der Waals surface area contributed by atoms with Gasteiger partial charge in [-0.15, -0.1) is 0 Å². The van der Waals surface area contributed by atoms with Crippen LogP contribution in [0.2, 0.25) is 0 Å². The number of amides is 3. The van der Waals surface area contributed by atoms with Crippen LogP contribution in [0.5, 0.6) is 0 Å². The van der Waals surface area contributed by atoms with Crippen LogP contribution in [0.1, 0.15) is 12.5 Å². The van der Waals surface area contributed by atoms with E-state index in [1.165, 1.54) is 35.1 Å². The molecule has 1 aromatic carbocycles. The van der Waals surface area contributed by atoms with Gasteiger partial charge < -0.3 is 15.5 Å². The van der Waals surface area contributed by atoms with Crippen LogP contribution in [0.4, 0.5) is 10.5 Å². The van der Waals surface area contributed by atoms with Gasteiger partial charge in [0.05, 0.1) is 0 Å². The van der Waals surface area contributed by atoms with Crippen molar-refractivity contribution >= 4 is 29.4 Å². The fraction of sp³-hybridized carbons (Fsp3) is 0.556. The number of benzene rings is 1. The lowest BCUT2D eigenvalue weighted by molar-refractivity contribution is -0.128. The maximum atomic E-state index is 12.3. The molecule has 3 rings (SSSR count). The Kier molecular flexibility index (Phi) is 6.20. The average molecular weight is 362 g/mol. The molecule has 2 aliphatic heterocycles. The molecule has 7 heteroatoms. The number of hydrogen-bond donors (Lipinski definition) is 2. The molecule has 2 saturated heterocycles. The van der Waals surface area contributed by atoms with Crippen LogP contribution in [0.3, 0.4) is 0 Å². The Bertz CT molecular complexity index is 602. The van der Waals surface area contributed by atoms with Gasteiger partial charge in [0.2, 0.25) is 0 Å². The van der Waals surface area contributed by atoms with Crippen LogP contribution in [0, 0.1) is 0 Å². The monoisotopic (exact) mass is 362 g/mol. The fourth-order valence-corrected chi connectivity index (χ4v) is 4.09. The molecule has 2 N–H and O–H groups in total. The van der Waals surface area contributed by atoms with E-state index in [-0.39, 0.29) is 11.9 Å². The highest BCUT2D eigenvalue weighted by molar-refractivity contribution is 7.99. The highest BCUT2D eigenvalue weighted by atomic mass is 32.2. The van der Waals surface area contributed by atoms with E-state index in [1.807, 2.05) is 23.9 Å². The summed E-state index contributed by atoms with van der Waals surface area (Å²) in [6, 6.07) is 7.51. The third-order valence-corrected chi connectivity index (χ3v) is 5.59. The van der Waals surface area contributed by atoms with Gasteiger partial charge in [-0.05, 0) is 31.0 Å². The number of carbonyl (C=O) groups excluding carboxylic acids is 2. The molecule has 1 aromatic rings. The summed E-state index contributed by atoms with van der Waals surface area (Å²) >= 11 is 2.03. The molecular weight excluding hydrogens is 336 g/mol. The second-order valence-corrected chi connectivity index (χ2v) is 7.71. The minimum absolute atomic E-state index is 0.193. The number of thioether (sulfide) groups is 1. The molecule has 0 bridgehead atoms. The standard InChI is InChI=1S/C18H26N4O2S/c1-14(17(23)22-9-7-19-18(22)24)20-16-4-2-15(3-5-16)6-8-21-10-12-25-13-11-21/h2-5,14,20H,6-13H2,1H3,(H,19,24)/t14-/m0/s1. The average Bonchev–Trinajstić information content (AvgIpc) is 3.07. The number of rotatable bonds is 6. The van der Waals surface area contributed by atoms with Gasteiger partial charge in [-0.3, -0.25) is 9.69 Å². The molecule has 0 unspecified atom stereocenters. The van der Waals surface area contributed by atoms with Crippen LogP contribution in [-0.4, -0.2) is 72.0 Å². The molecule has 0 aromatic heterocycles. The van der Waals surface area contributed by atoms with E-state index < -0.39 is 6.04 Å². The molecule has 1 atom stereocenters. The van der Waals surface area contributed by atoms with Crippen LogP contribution < -0.4 is 10.6 Å². The van der Waals surface area contributed by atoms with Gasteiger partial charge in [0.1, 0.15) is 6.04 Å². The number of urea groups is 1. The molecule has 25 heavy (non-hydrogen) atoms. The van der Waals surface area contributed by atoms with E-state index in [9.17, 15) is 9.59 Å². The van der Waals surface area contributed by atoms with Gasteiger partial charge in [-0.25, -0.2) is 4.79 Å². The van der Waals surface area contributed by atoms with Crippen LogP contribution >= 0.6 is 11.8 Å². The number of carbonyl (C=O) groups is 2. The van der Waals surface area contributed by atoms with Crippen molar-refractivity contribution in [1.82, 2.24) is 15.1 Å². The van der Waals surface area contributed by atoms with Crippen molar-refractivity contribution in [2.24, 2.45) is 0 Å². The predicted molar refractivity (Wildman–Crippen MR) is 102 cm³/mol. The summed E-state index contributed by atoms with van der Waals surface area (Å²) < 4.78 is 0. The quantitative estimate of drug-likeness (QED) is 0.805. The Morgan fingerprint density at radius 1 is 1.24 bits per heavy atom. The molecule has 6 nitrogen and oxygen atoms in total. The fourth-order valence-electron chi connectivity index (χ4n) is 3.11. The minimum atomic E-state index is -0.430. The summed E-state index contributed by atoms with van der Waals surface area (Å²) in [5.41, 5.74) is 2.21. The Morgan fingerprint density at radius 3 is 2.60 bits per heavy atom. The van der Waals surface area contributed by atoms with Crippen molar-refractivity contribution in [3.8, 4) is 0 Å². The third kappa shape index (κ3) is 4.89. The lowest BCUT2D eigenvalue weighted by Gasteiger charge is -2.26. The third-order valence-electron chi connectivity index (χ3n) is 4.65. The van der Waals surface area contributed by atoms with E-state index in [1.54, 1.807) is 6.92 Å². The first-order valence-electron chi connectivity index (χ1n) is 8.88. The van der Waals surface area contributed by atoms with Crippen molar-refractivity contribution in [3.63, 3.8) is 0 Å². The number of anilines is 1. The lowest BCUT2D eigenvalue weighted by atomic mass is 10.1.